The molecule has 0 radical (unpaired) electrons. The van der Waals surface area contributed by atoms with Crippen LogP contribution in [0.1, 0.15) is 30.0 Å². The van der Waals surface area contributed by atoms with Gasteiger partial charge in [0.25, 0.3) is 0 Å². The number of nitrogens with zero attached hydrogens (tertiary/aromatic N) is 3. The Morgan fingerprint density at radius 2 is 2.09 bits per heavy atom. The number of methoxy groups -OCH3 is 1. The Hall–Kier alpha value is -3.26. The molecule has 1 N–H and O–H groups in total. The highest BCUT2D eigenvalue weighted by molar-refractivity contribution is 6.33. The Labute approximate surface area is 188 Å². The lowest BCUT2D eigenvalue weighted by Crippen LogP contribution is -2.44. The van der Waals surface area contributed by atoms with Gasteiger partial charge in [0.05, 0.1) is 30.1 Å². The molecular weight excluding hydrogens is 438 g/mol. The first-order valence-electron chi connectivity index (χ1n) is 10.2. The highest BCUT2D eigenvalue weighted by atomic mass is 35.5. The van der Waals surface area contributed by atoms with E-state index in [2.05, 4.69) is 15.3 Å². The molecular formula is C23H19ClF2N4O2. The Bertz CT molecular complexity index is 1220. The summed E-state index contributed by atoms with van der Waals surface area (Å²) in [5, 5.41) is 2.91. The van der Waals surface area contributed by atoms with E-state index in [4.69, 9.17) is 16.3 Å². The van der Waals surface area contributed by atoms with Gasteiger partial charge in [0.2, 0.25) is 5.95 Å². The number of ether oxygens (including phenoxy) is 1. The maximum absolute atomic E-state index is 14.9. The fourth-order valence-electron chi connectivity index (χ4n) is 4.65. The van der Waals surface area contributed by atoms with Crippen LogP contribution >= 0.6 is 11.6 Å². The average molecular weight is 457 g/mol. The van der Waals surface area contributed by atoms with Gasteiger partial charge in [-0.1, -0.05) is 11.6 Å². The third-order valence-electron chi connectivity index (χ3n) is 6.13. The molecule has 1 fully saturated rings. The van der Waals surface area contributed by atoms with Gasteiger partial charge in [-0.05, 0) is 49.1 Å². The molecule has 0 unspecified atom stereocenters. The summed E-state index contributed by atoms with van der Waals surface area (Å²) < 4.78 is 34.2. The van der Waals surface area contributed by atoms with Crippen molar-refractivity contribution in [2.45, 2.75) is 31.3 Å². The van der Waals surface area contributed by atoms with Crippen LogP contribution in [0.2, 0.25) is 5.02 Å². The van der Waals surface area contributed by atoms with Gasteiger partial charge in [-0.25, -0.2) is 14.2 Å². The minimum atomic E-state index is -0.624. The highest BCUT2D eigenvalue weighted by Gasteiger charge is 2.43. The predicted molar refractivity (Wildman–Crippen MR) is 116 cm³/mol. The smallest absolute Gasteiger partial charge is 0.322 e. The van der Waals surface area contributed by atoms with E-state index in [1.165, 1.54) is 31.6 Å². The molecule has 164 valence electrons. The van der Waals surface area contributed by atoms with E-state index < -0.39 is 17.8 Å². The first kappa shape index (κ1) is 20.6. The van der Waals surface area contributed by atoms with Crippen molar-refractivity contribution in [3.63, 3.8) is 0 Å². The summed E-state index contributed by atoms with van der Waals surface area (Å²) in [4.78, 5) is 22.6. The highest BCUT2D eigenvalue weighted by Crippen LogP contribution is 2.44. The molecule has 5 rings (SSSR count). The molecule has 2 bridgehead atoms. The van der Waals surface area contributed by atoms with Crippen LogP contribution < -0.4 is 10.1 Å². The van der Waals surface area contributed by atoms with Crippen molar-refractivity contribution in [2.75, 3.05) is 12.4 Å². The van der Waals surface area contributed by atoms with Crippen LogP contribution in [0.5, 0.6) is 5.75 Å². The van der Waals surface area contributed by atoms with Crippen molar-refractivity contribution >= 4 is 23.3 Å². The van der Waals surface area contributed by atoms with Gasteiger partial charge in [0.1, 0.15) is 11.6 Å². The number of aromatic nitrogens is 2. The molecule has 0 aliphatic carbocycles. The molecule has 0 saturated carbocycles. The third-order valence-corrected chi connectivity index (χ3v) is 6.45. The number of halogens is 3. The van der Waals surface area contributed by atoms with Crippen LogP contribution in [0.15, 0.2) is 42.9 Å². The number of amides is 2. The number of nitrogens with one attached hydrogen (secondary N) is 1. The van der Waals surface area contributed by atoms with Crippen LogP contribution in [0, 0.1) is 11.8 Å². The molecule has 1 saturated heterocycles. The standard InChI is InChI=1S/C23H19ClF2N4O2/c1-32-14-6-12(10-27-11-14)16-8-19(25)20(9-18(16)24)29-23(31)30-13-2-3-21(30)15-4-5-28-22(26)17(15)7-13/h4-6,8-11,13,21H,2-3,7H2,1H3,(H,29,31)/t13-,21+/m0/s1. The summed E-state index contributed by atoms with van der Waals surface area (Å²) in [6, 6.07) is 5.23. The van der Waals surface area contributed by atoms with Gasteiger partial charge < -0.3 is 15.0 Å². The monoisotopic (exact) mass is 456 g/mol. The van der Waals surface area contributed by atoms with Crippen LogP contribution in [0.4, 0.5) is 19.3 Å². The lowest BCUT2D eigenvalue weighted by Gasteiger charge is -2.36. The van der Waals surface area contributed by atoms with Gasteiger partial charge in [-0.3, -0.25) is 4.98 Å². The summed E-state index contributed by atoms with van der Waals surface area (Å²) in [6.45, 7) is 0. The number of pyridine rings is 2. The summed E-state index contributed by atoms with van der Waals surface area (Å²) in [5.41, 5.74) is 2.33. The van der Waals surface area contributed by atoms with Crippen molar-refractivity contribution in [3.05, 3.63) is 70.8 Å². The van der Waals surface area contributed by atoms with Crippen LogP contribution in [0.3, 0.4) is 0 Å². The zero-order valence-corrected chi connectivity index (χ0v) is 17.9. The molecule has 2 aliphatic rings. The second kappa shape index (κ2) is 8.02. The lowest BCUT2D eigenvalue weighted by atomic mass is 9.95. The number of carbonyl (C=O) groups is 1. The second-order valence-corrected chi connectivity index (χ2v) is 8.29. The lowest BCUT2D eigenvalue weighted by molar-refractivity contribution is 0.178. The molecule has 2 amide bonds. The van der Waals surface area contributed by atoms with Gasteiger partial charge in [0.15, 0.2) is 0 Å². The molecule has 9 heteroatoms. The molecule has 2 atom stereocenters. The zero-order chi connectivity index (χ0) is 22.4. The van der Waals surface area contributed by atoms with Gasteiger partial charge in [-0.2, -0.15) is 4.39 Å². The first-order chi connectivity index (χ1) is 15.5. The number of hydrogen-bond donors (Lipinski definition) is 1. The maximum Gasteiger partial charge on any atom is 0.322 e. The predicted octanol–water partition coefficient (Wildman–Crippen LogP) is 5.38. The number of urea groups is 1. The average Bonchev–Trinajstić information content (AvgIpc) is 3.11. The Kier molecular flexibility index (Phi) is 5.17. The normalized spacial score (nSPS) is 18.9. The van der Waals surface area contributed by atoms with E-state index in [0.717, 1.165) is 18.4 Å². The summed E-state index contributed by atoms with van der Waals surface area (Å²) >= 11 is 6.41. The molecule has 2 aromatic heterocycles. The van der Waals surface area contributed by atoms with E-state index in [0.29, 0.717) is 28.9 Å². The summed E-state index contributed by atoms with van der Waals surface area (Å²) in [5.74, 6) is -0.593. The van der Waals surface area contributed by atoms with Crippen molar-refractivity contribution in [3.8, 4) is 16.9 Å². The van der Waals surface area contributed by atoms with Crippen molar-refractivity contribution in [2.24, 2.45) is 0 Å². The molecule has 1 aromatic carbocycles. The van der Waals surface area contributed by atoms with E-state index in [-0.39, 0.29) is 22.8 Å². The molecule has 4 heterocycles. The zero-order valence-electron chi connectivity index (χ0n) is 17.1. The first-order valence-corrected chi connectivity index (χ1v) is 10.5. The minimum Gasteiger partial charge on any atom is -0.495 e. The topological polar surface area (TPSA) is 67.3 Å². The van der Waals surface area contributed by atoms with Crippen molar-refractivity contribution < 1.29 is 18.3 Å². The Morgan fingerprint density at radius 1 is 1.25 bits per heavy atom. The number of benzene rings is 1. The van der Waals surface area contributed by atoms with Crippen LogP contribution in [-0.2, 0) is 6.42 Å². The van der Waals surface area contributed by atoms with E-state index in [1.807, 2.05) is 0 Å². The summed E-state index contributed by atoms with van der Waals surface area (Å²) in [7, 11) is 1.51. The third kappa shape index (κ3) is 3.44. The van der Waals surface area contributed by atoms with Gasteiger partial charge in [-0.15, -0.1) is 0 Å². The SMILES string of the molecule is COc1cncc(-c2cc(F)c(NC(=O)N3[C@H]4CC[C@@H]3c3ccnc(F)c3C4)cc2Cl)c1. The molecule has 6 nitrogen and oxygen atoms in total. The minimum absolute atomic E-state index is 0.0225. The number of carbonyl (C=O) groups excluding carboxylic acids is 1. The van der Waals surface area contributed by atoms with E-state index in [1.54, 1.807) is 23.2 Å². The van der Waals surface area contributed by atoms with E-state index in [9.17, 15) is 13.6 Å². The Balaban J connectivity index is 1.41. The maximum atomic E-state index is 14.9. The van der Waals surface area contributed by atoms with Crippen LogP contribution in [-0.4, -0.2) is 34.1 Å². The van der Waals surface area contributed by atoms with Gasteiger partial charge in [0, 0.05) is 35.1 Å². The largest absolute Gasteiger partial charge is 0.495 e. The summed E-state index contributed by atoms with van der Waals surface area (Å²) in [6.07, 6.45) is 6.36. The molecule has 2 aliphatic heterocycles. The number of rotatable bonds is 3. The van der Waals surface area contributed by atoms with Crippen LogP contribution in [0.25, 0.3) is 11.1 Å². The molecule has 32 heavy (non-hydrogen) atoms. The number of hydrogen-bond acceptors (Lipinski definition) is 4. The molecule has 3 aromatic rings. The van der Waals surface area contributed by atoms with Crippen molar-refractivity contribution in [1.29, 1.82) is 0 Å². The fourth-order valence-corrected chi connectivity index (χ4v) is 4.92. The van der Waals surface area contributed by atoms with E-state index >= 15 is 0 Å². The van der Waals surface area contributed by atoms with Gasteiger partial charge >= 0.3 is 6.03 Å². The number of fused-ring (bicyclic) bond motifs is 4. The second-order valence-electron chi connectivity index (χ2n) is 7.88. The molecule has 0 spiro atoms. The Morgan fingerprint density at radius 3 is 2.91 bits per heavy atom. The quantitative estimate of drug-likeness (QED) is 0.537. The fraction of sp³-hybridized carbons (Fsp3) is 0.261. The van der Waals surface area contributed by atoms with Crippen molar-refractivity contribution in [1.82, 2.24) is 14.9 Å². The number of anilines is 1.